The van der Waals surface area contributed by atoms with Gasteiger partial charge in [0.2, 0.25) is 0 Å². The first-order chi connectivity index (χ1) is 14.9. The zero-order valence-electron chi connectivity index (χ0n) is 16.3. The van der Waals surface area contributed by atoms with Crippen molar-refractivity contribution >= 4 is 50.5 Å². The summed E-state index contributed by atoms with van der Waals surface area (Å²) in [5.41, 5.74) is -0.269. The lowest BCUT2D eigenvalue weighted by Gasteiger charge is -2.13. The molecule has 168 valence electrons. The van der Waals surface area contributed by atoms with Crippen molar-refractivity contribution in [2.75, 3.05) is 10.0 Å². The average molecular weight is 503 g/mol. The monoisotopic (exact) mass is 502 g/mol. The minimum atomic E-state index is -4.68. The minimum Gasteiger partial charge on any atom is -0.322 e. The second kappa shape index (κ2) is 9.01. The Balaban J connectivity index is 1.79. The molecule has 0 radical (unpaired) electrons. The highest BCUT2D eigenvalue weighted by Gasteiger charge is 2.33. The molecule has 0 saturated carbocycles. The molecule has 2 N–H and O–H groups in total. The SMILES string of the molecule is Cc1ccc(S(=O)(=O)Nc2ccc(C(=O)Nc3ccc(Cl)c(C(F)(F)F)c3)cc2Cl)cc1. The van der Waals surface area contributed by atoms with E-state index in [0.717, 1.165) is 11.6 Å². The Labute approximate surface area is 192 Å². The Hall–Kier alpha value is -2.75. The molecule has 5 nitrogen and oxygen atoms in total. The quantitative estimate of drug-likeness (QED) is 0.425. The van der Waals surface area contributed by atoms with Gasteiger partial charge in [0.05, 0.1) is 26.2 Å². The van der Waals surface area contributed by atoms with Crippen LogP contribution in [-0.4, -0.2) is 14.3 Å². The highest BCUT2D eigenvalue weighted by Crippen LogP contribution is 2.36. The number of hydrogen-bond donors (Lipinski definition) is 2. The standard InChI is InChI=1S/C21H15Cl2F3N2O3S/c1-12-2-6-15(7-3-12)32(30,31)28-19-9-4-13(10-18(19)23)20(29)27-14-5-8-17(22)16(11-14)21(24,25)26/h2-11,28H,1H3,(H,27,29). The second-order valence-corrected chi connectivity index (χ2v) is 9.26. The fourth-order valence-corrected chi connectivity index (χ4v) is 4.27. The summed E-state index contributed by atoms with van der Waals surface area (Å²) in [7, 11) is -3.91. The molecule has 0 heterocycles. The van der Waals surface area contributed by atoms with E-state index < -0.39 is 32.7 Å². The van der Waals surface area contributed by atoms with Gasteiger partial charge in [0.15, 0.2) is 0 Å². The molecule has 0 fully saturated rings. The van der Waals surface area contributed by atoms with Gasteiger partial charge in [-0.25, -0.2) is 8.42 Å². The van der Waals surface area contributed by atoms with Gasteiger partial charge in [-0.1, -0.05) is 40.9 Å². The number of benzene rings is 3. The van der Waals surface area contributed by atoms with Crippen LogP contribution in [0, 0.1) is 6.92 Å². The lowest BCUT2D eigenvalue weighted by Crippen LogP contribution is -2.15. The number of anilines is 2. The first-order valence-corrected chi connectivity index (χ1v) is 11.2. The zero-order chi connectivity index (χ0) is 23.7. The summed E-state index contributed by atoms with van der Waals surface area (Å²) >= 11 is 11.7. The van der Waals surface area contributed by atoms with Crippen LogP contribution < -0.4 is 10.0 Å². The number of aryl methyl sites for hydroxylation is 1. The van der Waals surface area contributed by atoms with Gasteiger partial charge in [0, 0.05) is 11.3 Å². The number of alkyl halides is 3. The van der Waals surface area contributed by atoms with Crippen molar-refractivity contribution in [1.29, 1.82) is 0 Å². The van der Waals surface area contributed by atoms with E-state index in [1.54, 1.807) is 12.1 Å². The maximum Gasteiger partial charge on any atom is 0.417 e. The molecule has 3 rings (SSSR count). The Morgan fingerprint density at radius 2 is 1.56 bits per heavy atom. The average Bonchev–Trinajstić information content (AvgIpc) is 2.70. The minimum absolute atomic E-state index is 0.0109. The van der Waals surface area contributed by atoms with Gasteiger partial charge in [0.1, 0.15) is 0 Å². The number of carbonyl (C=O) groups excluding carboxylic acids is 1. The number of nitrogens with one attached hydrogen (secondary N) is 2. The smallest absolute Gasteiger partial charge is 0.322 e. The topological polar surface area (TPSA) is 75.3 Å². The lowest BCUT2D eigenvalue weighted by molar-refractivity contribution is -0.137. The van der Waals surface area contributed by atoms with Gasteiger partial charge in [0.25, 0.3) is 15.9 Å². The molecule has 0 unspecified atom stereocenters. The molecule has 0 bridgehead atoms. The molecule has 32 heavy (non-hydrogen) atoms. The van der Waals surface area contributed by atoms with E-state index in [1.807, 2.05) is 6.92 Å². The third kappa shape index (κ3) is 5.53. The van der Waals surface area contributed by atoms with E-state index in [1.165, 1.54) is 36.4 Å². The number of amides is 1. The number of halogens is 5. The molecule has 3 aromatic rings. The molecule has 1 amide bonds. The number of sulfonamides is 1. The molecule has 0 saturated heterocycles. The van der Waals surface area contributed by atoms with Crippen molar-refractivity contribution in [3.63, 3.8) is 0 Å². The first-order valence-electron chi connectivity index (χ1n) is 8.94. The van der Waals surface area contributed by atoms with E-state index in [9.17, 15) is 26.4 Å². The first kappa shape index (κ1) is 23.9. The van der Waals surface area contributed by atoms with Crippen molar-refractivity contribution < 1.29 is 26.4 Å². The van der Waals surface area contributed by atoms with Crippen LogP contribution in [-0.2, 0) is 16.2 Å². The Kier molecular flexibility index (Phi) is 6.73. The molecule has 11 heteroatoms. The predicted octanol–water partition coefficient (Wildman–Crippen LogP) is 6.37. The van der Waals surface area contributed by atoms with E-state index in [-0.39, 0.29) is 26.9 Å². The van der Waals surface area contributed by atoms with Gasteiger partial charge in [-0.2, -0.15) is 13.2 Å². The lowest BCUT2D eigenvalue weighted by atomic mass is 10.1. The highest BCUT2D eigenvalue weighted by atomic mass is 35.5. The molecule has 0 aliphatic rings. The summed E-state index contributed by atoms with van der Waals surface area (Å²) in [4.78, 5) is 12.5. The molecular weight excluding hydrogens is 488 g/mol. The molecule has 3 aromatic carbocycles. The normalized spacial score (nSPS) is 11.8. The molecule has 0 spiro atoms. The molecule has 0 atom stereocenters. The number of hydrogen-bond acceptors (Lipinski definition) is 3. The van der Waals surface area contributed by atoms with Crippen LogP contribution in [0.5, 0.6) is 0 Å². The number of carbonyl (C=O) groups is 1. The van der Waals surface area contributed by atoms with Crippen LogP contribution in [0.25, 0.3) is 0 Å². The maximum atomic E-state index is 13.0. The Morgan fingerprint density at radius 1 is 0.906 bits per heavy atom. The van der Waals surface area contributed by atoms with Gasteiger partial charge < -0.3 is 5.32 Å². The zero-order valence-corrected chi connectivity index (χ0v) is 18.6. The van der Waals surface area contributed by atoms with Gasteiger partial charge >= 0.3 is 6.18 Å². The van der Waals surface area contributed by atoms with Crippen molar-refractivity contribution in [2.24, 2.45) is 0 Å². The maximum absolute atomic E-state index is 13.0. The summed E-state index contributed by atoms with van der Waals surface area (Å²) in [6.45, 7) is 1.82. The third-order valence-electron chi connectivity index (χ3n) is 4.34. The summed E-state index contributed by atoms with van der Waals surface area (Å²) < 4.78 is 66.3. The summed E-state index contributed by atoms with van der Waals surface area (Å²) in [5.74, 6) is -0.740. The molecule has 0 aliphatic heterocycles. The van der Waals surface area contributed by atoms with Crippen molar-refractivity contribution in [3.05, 3.63) is 87.4 Å². The fraction of sp³-hybridized carbons (Fsp3) is 0.0952. The van der Waals surface area contributed by atoms with E-state index >= 15 is 0 Å². The van der Waals surface area contributed by atoms with Crippen LogP contribution in [0.3, 0.4) is 0 Å². The number of rotatable bonds is 5. The van der Waals surface area contributed by atoms with Gasteiger partial charge in [-0.15, -0.1) is 0 Å². The Bertz CT molecular complexity index is 1280. The van der Waals surface area contributed by atoms with Crippen LogP contribution in [0.1, 0.15) is 21.5 Å². The predicted molar refractivity (Wildman–Crippen MR) is 118 cm³/mol. The summed E-state index contributed by atoms with van der Waals surface area (Å²) in [6, 6.07) is 12.9. The van der Waals surface area contributed by atoms with E-state index in [2.05, 4.69) is 10.0 Å². The largest absolute Gasteiger partial charge is 0.417 e. The van der Waals surface area contributed by atoms with E-state index in [0.29, 0.717) is 6.07 Å². The van der Waals surface area contributed by atoms with Crippen LogP contribution >= 0.6 is 23.2 Å². The Morgan fingerprint density at radius 3 is 2.16 bits per heavy atom. The summed E-state index contributed by atoms with van der Waals surface area (Å²) in [5, 5.41) is 1.76. The molecular formula is C21H15Cl2F3N2O3S. The van der Waals surface area contributed by atoms with Crippen molar-refractivity contribution in [3.8, 4) is 0 Å². The highest BCUT2D eigenvalue weighted by molar-refractivity contribution is 7.92. The van der Waals surface area contributed by atoms with Crippen molar-refractivity contribution in [1.82, 2.24) is 0 Å². The van der Waals surface area contributed by atoms with E-state index in [4.69, 9.17) is 23.2 Å². The summed E-state index contributed by atoms with van der Waals surface area (Å²) in [6.07, 6.45) is -4.68. The second-order valence-electron chi connectivity index (χ2n) is 6.76. The van der Waals surface area contributed by atoms with Crippen LogP contribution in [0.4, 0.5) is 24.5 Å². The van der Waals surface area contributed by atoms with Gasteiger partial charge in [-0.05, 0) is 55.5 Å². The third-order valence-corrected chi connectivity index (χ3v) is 6.36. The molecule has 0 aromatic heterocycles. The van der Waals surface area contributed by atoms with Crippen molar-refractivity contribution in [2.45, 2.75) is 18.0 Å². The van der Waals surface area contributed by atoms with Gasteiger partial charge in [-0.3, -0.25) is 9.52 Å². The van der Waals surface area contributed by atoms with Crippen LogP contribution in [0.2, 0.25) is 10.0 Å². The molecule has 0 aliphatic carbocycles. The van der Waals surface area contributed by atoms with Crippen LogP contribution in [0.15, 0.2) is 65.6 Å². The fourth-order valence-electron chi connectivity index (χ4n) is 2.68.